The van der Waals surface area contributed by atoms with Crippen molar-refractivity contribution in [2.75, 3.05) is 0 Å². The van der Waals surface area contributed by atoms with Crippen molar-refractivity contribution in [3.63, 3.8) is 0 Å². The molecule has 0 unspecified atom stereocenters. The zero-order chi connectivity index (χ0) is 18.9. The Hall–Kier alpha value is -3.40. The molecular weight excluding hydrogens is 328 g/mol. The summed E-state index contributed by atoms with van der Waals surface area (Å²) in [5.74, 6) is -1.05. The standard InChI is InChI=1S/C22H20O4/c1-16(21(23)24)13-19(15-18-9-5-3-6-10-18)14-17(2)22(25)26-20-11-7-4-8-12-20/h3-15H,1-2H3,(H,23,24). The third-order valence-corrected chi connectivity index (χ3v) is 3.51. The molecule has 0 aromatic heterocycles. The zero-order valence-electron chi connectivity index (χ0n) is 14.7. The van der Waals surface area contributed by atoms with Crippen molar-refractivity contribution in [1.82, 2.24) is 0 Å². The second-order valence-electron chi connectivity index (χ2n) is 5.72. The lowest BCUT2D eigenvalue weighted by molar-refractivity contribution is -0.132. The third-order valence-electron chi connectivity index (χ3n) is 3.51. The number of hydrogen-bond donors (Lipinski definition) is 1. The van der Waals surface area contributed by atoms with E-state index in [-0.39, 0.29) is 5.57 Å². The number of rotatable bonds is 6. The van der Waals surface area contributed by atoms with Gasteiger partial charge < -0.3 is 9.84 Å². The van der Waals surface area contributed by atoms with Crippen LogP contribution in [0.25, 0.3) is 6.08 Å². The topological polar surface area (TPSA) is 63.6 Å². The number of allylic oxidation sites excluding steroid dienone is 3. The van der Waals surface area contributed by atoms with E-state index in [0.717, 1.165) is 5.56 Å². The smallest absolute Gasteiger partial charge is 0.339 e. The van der Waals surface area contributed by atoms with Crippen LogP contribution in [0.4, 0.5) is 0 Å². The van der Waals surface area contributed by atoms with Gasteiger partial charge in [0.1, 0.15) is 5.75 Å². The Labute approximate surface area is 152 Å². The molecule has 0 heterocycles. The lowest BCUT2D eigenvalue weighted by Crippen LogP contribution is -2.09. The van der Waals surface area contributed by atoms with E-state index in [1.54, 1.807) is 37.3 Å². The van der Waals surface area contributed by atoms with Crippen LogP contribution < -0.4 is 4.74 Å². The Morgan fingerprint density at radius 3 is 1.96 bits per heavy atom. The van der Waals surface area contributed by atoms with Crippen LogP contribution >= 0.6 is 0 Å². The highest BCUT2D eigenvalue weighted by Gasteiger charge is 2.09. The van der Waals surface area contributed by atoms with E-state index in [1.165, 1.54) is 13.0 Å². The molecule has 0 fully saturated rings. The van der Waals surface area contributed by atoms with Crippen LogP contribution in [0.2, 0.25) is 0 Å². The fraction of sp³-hybridized carbons (Fsp3) is 0.0909. The summed E-state index contributed by atoms with van der Waals surface area (Å²) in [6.45, 7) is 3.14. The van der Waals surface area contributed by atoms with Crippen LogP contribution in [0.3, 0.4) is 0 Å². The maximum atomic E-state index is 12.3. The minimum Gasteiger partial charge on any atom is -0.478 e. The lowest BCUT2D eigenvalue weighted by atomic mass is 10.1. The lowest BCUT2D eigenvalue weighted by Gasteiger charge is -2.05. The summed E-state index contributed by atoms with van der Waals surface area (Å²) in [7, 11) is 0. The highest BCUT2D eigenvalue weighted by atomic mass is 16.5. The second-order valence-corrected chi connectivity index (χ2v) is 5.72. The largest absolute Gasteiger partial charge is 0.478 e. The molecule has 4 nitrogen and oxygen atoms in total. The molecule has 0 radical (unpaired) electrons. The predicted octanol–water partition coefficient (Wildman–Crippen LogP) is 4.65. The highest BCUT2D eigenvalue weighted by Crippen LogP contribution is 2.16. The van der Waals surface area contributed by atoms with Crippen molar-refractivity contribution < 1.29 is 19.4 Å². The Balaban J connectivity index is 2.31. The number of aliphatic carboxylic acids is 1. The molecular formula is C22H20O4. The van der Waals surface area contributed by atoms with Gasteiger partial charge in [-0.25, -0.2) is 9.59 Å². The molecule has 0 spiro atoms. The van der Waals surface area contributed by atoms with Crippen molar-refractivity contribution in [2.24, 2.45) is 0 Å². The molecule has 0 aliphatic heterocycles. The number of ether oxygens (including phenoxy) is 1. The maximum absolute atomic E-state index is 12.3. The van der Waals surface area contributed by atoms with Crippen molar-refractivity contribution in [1.29, 1.82) is 0 Å². The molecule has 0 aliphatic carbocycles. The number of carbonyl (C=O) groups excluding carboxylic acids is 1. The summed E-state index contributed by atoms with van der Waals surface area (Å²) in [6.07, 6.45) is 4.95. The van der Waals surface area contributed by atoms with Crippen LogP contribution in [0.5, 0.6) is 5.75 Å². The SMILES string of the molecule is CC(=CC(=Cc1ccccc1)C=C(C)C(=O)Oc1ccccc1)C(=O)O. The van der Waals surface area contributed by atoms with Gasteiger partial charge in [0.2, 0.25) is 0 Å². The first kappa shape index (κ1) is 18.9. The first-order chi connectivity index (χ1) is 12.5. The molecule has 2 aromatic carbocycles. The number of carbonyl (C=O) groups is 2. The van der Waals surface area contributed by atoms with Crippen molar-refractivity contribution in [3.05, 3.63) is 95.1 Å². The van der Waals surface area contributed by atoms with Gasteiger partial charge in [0.05, 0.1) is 0 Å². The van der Waals surface area contributed by atoms with E-state index in [0.29, 0.717) is 16.9 Å². The molecule has 1 N–H and O–H groups in total. The average molecular weight is 348 g/mol. The number of benzene rings is 2. The molecule has 0 saturated carbocycles. The van der Waals surface area contributed by atoms with Crippen LogP contribution in [-0.4, -0.2) is 17.0 Å². The molecule has 2 aromatic rings. The second kappa shape index (κ2) is 9.18. The van der Waals surface area contributed by atoms with Gasteiger partial charge in [-0.05, 0) is 55.3 Å². The average Bonchev–Trinajstić information content (AvgIpc) is 2.63. The van der Waals surface area contributed by atoms with Gasteiger partial charge in [0, 0.05) is 11.1 Å². The summed E-state index contributed by atoms with van der Waals surface area (Å²) < 4.78 is 5.31. The normalized spacial score (nSPS) is 12.6. The van der Waals surface area contributed by atoms with E-state index in [4.69, 9.17) is 9.84 Å². The quantitative estimate of drug-likeness (QED) is 0.357. The van der Waals surface area contributed by atoms with E-state index < -0.39 is 11.9 Å². The summed E-state index contributed by atoms with van der Waals surface area (Å²) >= 11 is 0. The van der Waals surface area contributed by atoms with Gasteiger partial charge in [0.25, 0.3) is 0 Å². The summed E-state index contributed by atoms with van der Waals surface area (Å²) in [4.78, 5) is 23.4. The first-order valence-electron chi connectivity index (χ1n) is 8.09. The van der Waals surface area contributed by atoms with E-state index in [1.807, 2.05) is 42.5 Å². The van der Waals surface area contributed by atoms with Crippen molar-refractivity contribution >= 4 is 18.0 Å². The maximum Gasteiger partial charge on any atom is 0.339 e. The van der Waals surface area contributed by atoms with Crippen LogP contribution in [0.1, 0.15) is 19.4 Å². The minimum atomic E-state index is -1.01. The van der Waals surface area contributed by atoms with Gasteiger partial charge in [-0.3, -0.25) is 0 Å². The van der Waals surface area contributed by atoms with Gasteiger partial charge in [0.15, 0.2) is 0 Å². The van der Waals surface area contributed by atoms with E-state index in [9.17, 15) is 9.59 Å². The van der Waals surface area contributed by atoms with Crippen molar-refractivity contribution in [2.45, 2.75) is 13.8 Å². The number of carboxylic acid groups (broad SMARTS) is 1. The molecule has 0 saturated heterocycles. The monoisotopic (exact) mass is 348 g/mol. The Kier molecular flexibility index (Phi) is 6.68. The molecule has 4 heteroatoms. The van der Waals surface area contributed by atoms with Gasteiger partial charge in [-0.1, -0.05) is 48.5 Å². The first-order valence-corrected chi connectivity index (χ1v) is 8.09. The Morgan fingerprint density at radius 2 is 1.38 bits per heavy atom. The Bertz CT molecular complexity index is 860. The van der Waals surface area contributed by atoms with Gasteiger partial charge >= 0.3 is 11.9 Å². The van der Waals surface area contributed by atoms with Crippen LogP contribution in [0, 0.1) is 0 Å². The summed E-state index contributed by atoms with van der Waals surface area (Å²) in [5.41, 5.74) is 2.04. The molecule has 132 valence electrons. The molecule has 26 heavy (non-hydrogen) atoms. The number of hydrogen-bond acceptors (Lipinski definition) is 3. The summed E-state index contributed by atoms with van der Waals surface area (Å²) in [6, 6.07) is 18.2. The summed E-state index contributed by atoms with van der Waals surface area (Å²) in [5, 5.41) is 9.13. The fourth-order valence-electron chi connectivity index (χ4n) is 2.16. The molecule has 2 rings (SSSR count). The number of para-hydroxylation sites is 1. The van der Waals surface area contributed by atoms with E-state index in [2.05, 4.69) is 0 Å². The molecule has 0 amide bonds. The molecule has 0 aliphatic rings. The van der Waals surface area contributed by atoms with Crippen LogP contribution in [-0.2, 0) is 9.59 Å². The zero-order valence-corrected chi connectivity index (χ0v) is 14.7. The van der Waals surface area contributed by atoms with Crippen LogP contribution in [0.15, 0.2) is 89.5 Å². The molecule has 0 atom stereocenters. The fourth-order valence-corrected chi connectivity index (χ4v) is 2.16. The van der Waals surface area contributed by atoms with Gasteiger partial charge in [-0.2, -0.15) is 0 Å². The highest BCUT2D eigenvalue weighted by molar-refractivity contribution is 5.91. The minimum absolute atomic E-state index is 0.174. The number of esters is 1. The van der Waals surface area contributed by atoms with Crippen molar-refractivity contribution in [3.8, 4) is 5.75 Å². The Morgan fingerprint density at radius 1 is 0.846 bits per heavy atom. The predicted molar refractivity (Wildman–Crippen MR) is 102 cm³/mol. The van der Waals surface area contributed by atoms with Gasteiger partial charge in [-0.15, -0.1) is 0 Å². The number of carboxylic acids is 1. The van der Waals surface area contributed by atoms with E-state index >= 15 is 0 Å². The third kappa shape index (κ3) is 5.91. The molecule has 0 bridgehead atoms.